The van der Waals surface area contributed by atoms with Crippen LogP contribution in [0.25, 0.3) is 0 Å². The molecule has 1 aromatic rings. The van der Waals surface area contributed by atoms with Crippen LogP contribution in [0.2, 0.25) is 19.6 Å². The van der Waals surface area contributed by atoms with Crippen molar-refractivity contribution in [2.75, 3.05) is 0 Å². The van der Waals surface area contributed by atoms with Gasteiger partial charge in [0.15, 0.2) is 5.88 Å². The van der Waals surface area contributed by atoms with E-state index in [1.807, 2.05) is 6.21 Å². The Balaban J connectivity index is 2.89. The first-order valence-electron chi connectivity index (χ1n) is 6.19. The Kier molecular flexibility index (Phi) is 4.51. The van der Waals surface area contributed by atoms with E-state index < -0.39 is 8.32 Å². The average Bonchev–Trinajstić information content (AvgIpc) is 2.12. The second-order valence-corrected chi connectivity index (χ2v) is 10.1. The van der Waals surface area contributed by atoms with Gasteiger partial charge in [-0.25, -0.2) is 4.99 Å². The maximum atomic E-state index is 5.71. The Morgan fingerprint density at radius 3 is 2.11 bits per heavy atom. The lowest BCUT2D eigenvalue weighted by molar-refractivity contribution is 0.421. The van der Waals surface area contributed by atoms with Gasteiger partial charge in [-0.2, -0.15) is 0 Å². The Labute approximate surface area is 112 Å². The molecule has 0 aromatic heterocycles. The van der Waals surface area contributed by atoms with Gasteiger partial charge in [0.05, 0.1) is 0 Å². The van der Waals surface area contributed by atoms with Crippen molar-refractivity contribution in [2.24, 2.45) is 4.99 Å². The van der Waals surface area contributed by atoms with Gasteiger partial charge in [0.1, 0.15) is 0 Å². The van der Waals surface area contributed by atoms with Crippen LogP contribution in [-0.4, -0.2) is 14.5 Å². The van der Waals surface area contributed by atoms with Crippen molar-refractivity contribution in [3.63, 3.8) is 0 Å². The number of aliphatic imine (C=N–C) groups is 1. The number of aryl methyl sites for hydroxylation is 3. The maximum Gasteiger partial charge on any atom is 0.244 e. The second kappa shape index (κ2) is 5.53. The van der Waals surface area contributed by atoms with Crippen LogP contribution in [0.3, 0.4) is 0 Å². The number of benzene rings is 1. The molecule has 0 unspecified atom stereocenters. The molecule has 0 aliphatic carbocycles. The molecule has 2 nitrogen and oxygen atoms in total. The highest BCUT2D eigenvalue weighted by atomic mass is 28.4. The number of nitrogens with zero attached hydrogens (tertiary/aromatic N) is 1. The molecular weight excluding hydrogens is 238 g/mol. The van der Waals surface area contributed by atoms with Crippen molar-refractivity contribution >= 4 is 14.5 Å². The minimum atomic E-state index is -1.61. The van der Waals surface area contributed by atoms with E-state index in [1.165, 1.54) is 16.7 Å². The molecule has 0 bridgehead atoms. The Bertz CT molecular complexity index is 461. The molecule has 0 heterocycles. The van der Waals surface area contributed by atoms with Crippen molar-refractivity contribution in [1.29, 1.82) is 0 Å². The molecule has 1 aromatic carbocycles. The van der Waals surface area contributed by atoms with Gasteiger partial charge in [0, 0.05) is 6.21 Å². The monoisotopic (exact) mass is 261 g/mol. The van der Waals surface area contributed by atoms with Crippen molar-refractivity contribution in [3.05, 3.63) is 46.8 Å². The van der Waals surface area contributed by atoms with Crippen LogP contribution < -0.4 is 0 Å². The smallest absolute Gasteiger partial charge is 0.244 e. The van der Waals surface area contributed by atoms with Crippen LogP contribution in [0, 0.1) is 20.8 Å². The highest BCUT2D eigenvalue weighted by Crippen LogP contribution is 2.15. The van der Waals surface area contributed by atoms with E-state index in [9.17, 15) is 0 Å². The molecule has 0 radical (unpaired) electrons. The first kappa shape index (κ1) is 14.7. The zero-order valence-corrected chi connectivity index (χ0v) is 13.3. The second-order valence-electron chi connectivity index (χ2n) is 5.68. The van der Waals surface area contributed by atoms with Crippen LogP contribution in [0.5, 0.6) is 0 Å². The van der Waals surface area contributed by atoms with Gasteiger partial charge < -0.3 is 4.43 Å². The van der Waals surface area contributed by atoms with Gasteiger partial charge in [0.25, 0.3) is 0 Å². The molecule has 18 heavy (non-hydrogen) atoms. The van der Waals surface area contributed by atoms with Crippen LogP contribution in [0.15, 0.2) is 29.6 Å². The zero-order valence-electron chi connectivity index (χ0n) is 12.3. The summed E-state index contributed by atoms with van der Waals surface area (Å²) < 4.78 is 5.71. The summed E-state index contributed by atoms with van der Waals surface area (Å²) in [5.41, 5.74) is 4.90. The van der Waals surface area contributed by atoms with E-state index in [0.717, 1.165) is 5.56 Å². The summed E-state index contributed by atoms with van der Waals surface area (Å²) in [5, 5.41) is 0. The molecule has 1 rings (SSSR count). The fourth-order valence-electron chi connectivity index (χ4n) is 1.91. The molecule has 0 aliphatic heterocycles. The predicted molar refractivity (Wildman–Crippen MR) is 81.8 cm³/mol. The molecule has 0 amide bonds. The fraction of sp³-hybridized carbons (Fsp3) is 0.400. The standard InChI is InChI=1S/C15H23NOSi/c1-11-8-12(2)15(13(3)9-11)10-16-14(4)17-18(5,6)7/h8-10H,4H2,1-3,5-7H3/b16-10+. The predicted octanol–water partition coefficient (Wildman–Crippen LogP) is 4.35. The largest absolute Gasteiger partial charge is 0.532 e. The summed E-state index contributed by atoms with van der Waals surface area (Å²) in [6.45, 7) is 16.5. The minimum absolute atomic E-state index is 0.508. The maximum absolute atomic E-state index is 5.71. The quantitative estimate of drug-likeness (QED) is 0.448. The van der Waals surface area contributed by atoms with Crippen molar-refractivity contribution in [2.45, 2.75) is 40.4 Å². The van der Waals surface area contributed by atoms with Crippen molar-refractivity contribution < 1.29 is 4.43 Å². The molecule has 0 aliphatic rings. The Morgan fingerprint density at radius 1 is 1.17 bits per heavy atom. The lowest BCUT2D eigenvalue weighted by atomic mass is 10.0. The highest BCUT2D eigenvalue weighted by molar-refractivity contribution is 6.70. The van der Waals surface area contributed by atoms with E-state index >= 15 is 0 Å². The van der Waals surface area contributed by atoms with E-state index in [0.29, 0.717) is 5.88 Å². The van der Waals surface area contributed by atoms with Crippen molar-refractivity contribution in [1.82, 2.24) is 0 Å². The average molecular weight is 261 g/mol. The SMILES string of the molecule is C=C(/N=C/c1c(C)cc(C)cc1C)O[Si](C)(C)C. The number of hydrogen-bond donors (Lipinski definition) is 0. The summed E-state index contributed by atoms with van der Waals surface area (Å²) in [6, 6.07) is 4.33. The Hall–Kier alpha value is -1.35. The molecular formula is C15H23NOSi. The minimum Gasteiger partial charge on any atom is -0.532 e. The molecule has 98 valence electrons. The van der Waals surface area contributed by atoms with Gasteiger partial charge >= 0.3 is 0 Å². The molecule has 0 saturated carbocycles. The molecule has 0 N–H and O–H groups in total. The Morgan fingerprint density at radius 2 is 1.67 bits per heavy atom. The van der Waals surface area contributed by atoms with Gasteiger partial charge in [-0.05, 0) is 63.7 Å². The van der Waals surface area contributed by atoms with Crippen LogP contribution in [0.1, 0.15) is 22.3 Å². The first-order chi connectivity index (χ1) is 8.19. The third-order valence-corrected chi connectivity index (χ3v) is 3.35. The fourth-order valence-corrected chi connectivity index (χ4v) is 2.67. The van der Waals surface area contributed by atoms with E-state index in [2.05, 4.69) is 64.1 Å². The summed E-state index contributed by atoms with van der Waals surface area (Å²) in [5.74, 6) is 0.508. The van der Waals surface area contributed by atoms with Gasteiger partial charge in [-0.15, -0.1) is 0 Å². The van der Waals surface area contributed by atoms with Gasteiger partial charge in [-0.1, -0.05) is 17.7 Å². The lowest BCUT2D eigenvalue weighted by Gasteiger charge is -2.18. The van der Waals surface area contributed by atoms with Crippen LogP contribution in [0.4, 0.5) is 0 Å². The number of hydrogen-bond acceptors (Lipinski definition) is 2. The topological polar surface area (TPSA) is 21.6 Å². The third-order valence-electron chi connectivity index (χ3n) is 2.50. The zero-order chi connectivity index (χ0) is 13.9. The molecule has 0 spiro atoms. The van der Waals surface area contributed by atoms with Gasteiger partial charge in [-0.3, -0.25) is 0 Å². The van der Waals surface area contributed by atoms with E-state index in [1.54, 1.807) is 0 Å². The first-order valence-corrected chi connectivity index (χ1v) is 9.60. The van der Waals surface area contributed by atoms with Crippen molar-refractivity contribution in [3.8, 4) is 0 Å². The van der Waals surface area contributed by atoms with E-state index in [4.69, 9.17) is 4.43 Å². The normalized spacial score (nSPS) is 11.9. The summed E-state index contributed by atoms with van der Waals surface area (Å²) >= 11 is 0. The van der Waals surface area contributed by atoms with Gasteiger partial charge in [0.2, 0.25) is 8.32 Å². The highest BCUT2D eigenvalue weighted by Gasteiger charge is 2.16. The summed E-state index contributed by atoms with van der Waals surface area (Å²) in [6.07, 6.45) is 1.85. The van der Waals surface area contributed by atoms with E-state index in [-0.39, 0.29) is 0 Å². The molecule has 3 heteroatoms. The third kappa shape index (κ3) is 4.49. The van der Waals surface area contributed by atoms with Crippen LogP contribution >= 0.6 is 0 Å². The van der Waals surface area contributed by atoms with Crippen LogP contribution in [-0.2, 0) is 4.43 Å². The molecule has 0 fully saturated rings. The molecule has 0 saturated heterocycles. The number of rotatable bonds is 4. The summed E-state index contributed by atoms with van der Waals surface area (Å²) in [7, 11) is -1.61. The summed E-state index contributed by atoms with van der Waals surface area (Å²) in [4.78, 5) is 4.32. The lowest BCUT2D eigenvalue weighted by Crippen LogP contribution is -2.24. The molecule has 0 atom stereocenters.